The Hall–Kier alpha value is -1.46. The fourth-order valence-electron chi connectivity index (χ4n) is 2.31. The molecule has 1 aliphatic rings. The number of amides is 1. The number of carbonyl (C=O) groups excluding carboxylic acids is 1. The Bertz CT molecular complexity index is 418. The van der Waals surface area contributed by atoms with Gasteiger partial charge in [-0.3, -0.25) is 14.7 Å². The molecular weight excluding hydrogens is 254 g/mol. The third kappa shape index (κ3) is 4.02. The van der Waals surface area contributed by atoms with Gasteiger partial charge in [0.1, 0.15) is 0 Å². The molecule has 0 unspecified atom stereocenters. The zero-order valence-corrected chi connectivity index (χ0v) is 12.3. The van der Waals surface area contributed by atoms with E-state index in [-0.39, 0.29) is 11.9 Å². The lowest BCUT2D eigenvalue weighted by Crippen LogP contribution is -2.41. The van der Waals surface area contributed by atoms with Gasteiger partial charge < -0.3 is 9.64 Å². The Morgan fingerprint density at radius 3 is 2.90 bits per heavy atom. The molecule has 1 aromatic rings. The van der Waals surface area contributed by atoms with E-state index >= 15 is 0 Å². The van der Waals surface area contributed by atoms with Crippen LogP contribution in [0.2, 0.25) is 0 Å². The Balaban J connectivity index is 1.79. The van der Waals surface area contributed by atoms with Crippen molar-refractivity contribution >= 4 is 5.91 Å². The number of carbonyl (C=O) groups is 1. The van der Waals surface area contributed by atoms with Gasteiger partial charge in [-0.1, -0.05) is 6.07 Å². The highest BCUT2D eigenvalue weighted by Gasteiger charge is 2.18. The minimum Gasteiger partial charge on any atom is -0.378 e. The van der Waals surface area contributed by atoms with E-state index in [1.54, 1.807) is 6.20 Å². The highest BCUT2D eigenvalue weighted by Crippen LogP contribution is 2.17. The van der Waals surface area contributed by atoms with Crippen LogP contribution in [-0.2, 0) is 9.53 Å². The maximum Gasteiger partial charge on any atom is 0.224 e. The SMILES string of the molecule is C[C@H](c1cccnc1)N(C)CCC(=O)N1CCOCC1. The average molecular weight is 277 g/mol. The molecule has 5 heteroatoms. The predicted molar refractivity (Wildman–Crippen MR) is 77.3 cm³/mol. The number of pyridine rings is 1. The molecule has 1 atom stereocenters. The molecule has 0 saturated carbocycles. The first-order valence-electron chi connectivity index (χ1n) is 7.14. The van der Waals surface area contributed by atoms with E-state index in [1.165, 1.54) is 5.56 Å². The van der Waals surface area contributed by atoms with Gasteiger partial charge in [0.15, 0.2) is 0 Å². The van der Waals surface area contributed by atoms with Crippen molar-refractivity contribution in [1.29, 1.82) is 0 Å². The molecule has 0 N–H and O–H groups in total. The van der Waals surface area contributed by atoms with Crippen molar-refractivity contribution in [3.63, 3.8) is 0 Å². The van der Waals surface area contributed by atoms with Gasteiger partial charge in [0.2, 0.25) is 5.91 Å². The quantitative estimate of drug-likeness (QED) is 0.814. The molecule has 1 saturated heterocycles. The summed E-state index contributed by atoms with van der Waals surface area (Å²) >= 11 is 0. The van der Waals surface area contributed by atoms with Gasteiger partial charge in [0.05, 0.1) is 13.2 Å². The number of aromatic nitrogens is 1. The summed E-state index contributed by atoms with van der Waals surface area (Å²) in [6.07, 6.45) is 4.21. The summed E-state index contributed by atoms with van der Waals surface area (Å²) in [6, 6.07) is 4.28. The van der Waals surface area contributed by atoms with Crippen molar-refractivity contribution in [3.05, 3.63) is 30.1 Å². The molecule has 1 amide bonds. The molecule has 0 bridgehead atoms. The van der Waals surface area contributed by atoms with Crippen LogP contribution in [-0.4, -0.2) is 60.6 Å². The molecule has 0 aliphatic carbocycles. The molecule has 1 aromatic heterocycles. The molecule has 20 heavy (non-hydrogen) atoms. The fourth-order valence-corrected chi connectivity index (χ4v) is 2.31. The molecule has 2 rings (SSSR count). The molecule has 0 aromatic carbocycles. The van der Waals surface area contributed by atoms with Crippen LogP contribution in [0.5, 0.6) is 0 Å². The van der Waals surface area contributed by atoms with Crippen LogP contribution in [0.25, 0.3) is 0 Å². The Labute approximate surface area is 120 Å². The minimum absolute atomic E-state index is 0.221. The van der Waals surface area contributed by atoms with Crippen LogP contribution in [0, 0.1) is 0 Å². The van der Waals surface area contributed by atoms with Crippen molar-refractivity contribution < 1.29 is 9.53 Å². The topological polar surface area (TPSA) is 45.7 Å². The Morgan fingerprint density at radius 1 is 1.50 bits per heavy atom. The van der Waals surface area contributed by atoms with Gasteiger partial charge in [-0.05, 0) is 25.6 Å². The lowest BCUT2D eigenvalue weighted by molar-refractivity contribution is -0.135. The van der Waals surface area contributed by atoms with Crippen molar-refractivity contribution in [2.75, 3.05) is 39.9 Å². The molecule has 110 valence electrons. The number of hydrogen-bond acceptors (Lipinski definition) is 4. The van der Waals surface area contributed by atoms with Gasteiger partial charge in [-0.15, -0.1) is 0 Å². The van der Waals surface area contributed by atoms with Crippen LogP contribution in [0.3, 0.4) is 0 Å². The zero-order chi connectivity index (χ0) is 14.4. The first-order valence-corrected chi connectivity index (χ1v) is 7.14. The molecule has 0 radical (unpaired) electrons. The van der Waals surface area contributed by atoms with Crippen LogP contribution in [0.1, 0.15) is 24.9 Å². The molecular formula is C15H23N3O2. The number of nitrogens with zero attached hydrogens (tertiary/aromatic N) is 3. The van der Waals surface area contributed by atoms with Crippen LogP contribution >= 0.6 is 0 Å². The summed E-state index contributed by atoms with van der Waals surface area (Å²) in [4.78, 5) is 20.3. The van der Waals surface area contributed by atoms with E-state index in [1.807, 2.05) is 24.2 Å². The fraction of sp³-hybridized carbons (Fsp3) is 0.600. The second kappa shape index (κ2) is 7.36. The third-order valence-corrected chi connectivity index (χ3v) is 3.87. The molecule has 0 spiro atoms. The largest absolute Gasteiger partial charge is 0.378 e. The summed E-state index contributed by atoms with van der Waals surface area (Å²) in [6.45, 7) is 5.66. The van der Waals surface area contributed by atoms with Gasteiger partial charge in [-0.25, -0.2) is 0 Å². The minimum atomic E-state index is 0.221. The average Bonchev–Trinajstić information content (AvgIpc) is 2.53. The van der Waals surface area contributed by atoms with Gasteiger partial charge in [0.25, 0.3) is 0 Å². The molecule has 2 heterocycles. The smallest absolute Gasteiger partial charge is 0.224 e. The van der Waals surface area contributed by atoms with E-state index < -0.39 is 0 Å². The highest BCUT2D eigenvalue weighted by atomic mass is 16.5. The summed E-state index contributed by atoms with van der Waals surface area (Å²) in [5.41, 5.74) is 1.17. The Morgan fingerprint density at radius 2 is 2.25 bits per heavy atom. The maximum atomic E-state index is 12.1. The second-order valence-corrected chi connectivity index (χ2v) is 5.19. The summed E-state index contributed by atoms with van der Waals surface area (Å²) < 4.78 is 5.26. The molecule has 1 aliphatic heterocycles. The van der Waals surface area contributed by atoms with E-state index in [4.69, 9.17) is 4.74 Å². The van der Waals surface area contributed by atoms with Gasteiger partial charge in [0, 0.05) is 44.5 Å². The lowest BCUT2D eigenvalue weighted by Gasteiger charge is -2.29. The monoisotopic (exact) mass is 277 g/mol. The summed E-state index contributed by atoms with van der Waals surface area (Å²) in [7, 11) is 2.05. The zero-order valence-electron chi connectivity index (χ0n) is 12.3. The van der Waals surface area contributed by atoms with Crippen molar-refractivity contribution in [3.8, 4) is 0 Å². The lowest BCUT2D eigenvalue weighted by atomic mass is 10.1. The van der Waals surface area contributed by atoms with E-state index in [9.17, 15) is 4.79 Å². The number of rotatable bonds is 5. The van der Waals surface area contributed by atoms with Crippen molar-refractivity contribution in [2.24, 2.45) is 0 Å². The standard InChI is InChI=1S/C15H23N3O2/c1-13(14-4-3-6-16-12-14)17(2)7-5-15(19)18-8-10-20-11-9-18/h3-4,6,12-13H,5,7-11H2,1-2H3/t13-/m1/s1. The first kappa shape index (κ1) is 14.9. The van der Waals surface area contributed by atoms with Crippen LogP contribution in [0.15, 0.2) is 24.5 Å². The van der Waals surface area contributed by atoms with Crippen LogP contribution < -0.4 is 0 Å². The molecule has 1 fully saturated rings. The van der Waals surface area contributed by atoms with E-state index in [0.29, 0.717) is 19.6 Å². The normalized spacial score (nSPS) is 17.2. The van der Waals surface area contributed by atoms with Gasteiger partial charge >= 0.3 is 0 Å². The predicted octanol–water partition coefficient (Wildman–Crippen LogP) is 1.32. The van der Waals surface area contributed by atoms with E-state index in [0.717, 1.165) is 19.6 Å². The third-order valence-electron chi connectivity index (χ3n) is 3.87. The summed E-state index contributed by atoms with van der Waals surface area (Å²) in [5.74, 6) is 0.221. The summed E-state index contributed by atoms with van der Waals surface area (Å²) in [5, 5.41) is 0. The van der Waals surface area contributed by atoms with Crippen molar-refractivity contribution in [2.45, 2.75) is 19.4 Å². The Kier molecular flexibility index (Phi) is 5.49. The highest BCUT2D eigenvalue weighted by molar-refractivity contribution is 5.76. The van der Waals surface area contributed by atoms with Gasteiger partial charge in [-0.2, -0.15) is 0 Å². The van der Waals surface area contributed by atoms with Crippen molar-refractivity contribution in [1.82, 2.24) is 14.8 Å². The number of hydrogen-bond donors (Lipinski definition) is 0. The first-order chi connectivity index (χ1) is 9.68. The number of ether oxygens (including phenoxy) is 1. The molecule has 5 nitrogen and oxygen atoms in total. The van der Waals surface area contributed by atoms with E-state index in [2.05, 4.69) is 22.9 Å². The van der Waals surface area contributed by atoms with Crippen LogP contribution in [0.4, 0.5) is 0 Å². The second-order valence-electron chi connectivity index (χ2n) is 5.19. The number of morpholine rings is 1. The maximum absolute atomic E-state index is 12.1.